The molecule has 4 rings (SSSR count). The van der Waals surface area contributed by atoms with E-state index in [2.05, 4.69) is 15.1 Å². The Balaban J connectivity index is 1.52. The van der Waals surface area contributed by atoms with Gasteiger partial charge in [-0.25, -0.2) is 4.98 Å². The highest BCUT2D eigenvalue weighted by atomic mass is 16.5. The maximum Gasteiger partial charge on any atom is 0.245 e. The first kappa shape index (κ1) is 19.4. The van der Waals surface area contributed by atoms with Crippen molar-refractivity contribution in [1.29, 1.82) is 0 Å². The topological polar surface area (TPSA) is 80.7 Å². The highest BCUT2D eigenvalue weighted by Crippen LogP contribution is 2.32. The van der Waals surface area contributed by atoms with Gasteiger partial charge in [-0.15, -0.1) is 5.10 Å². The normalized spacial score (nSPS) is 19.5. The van der Waals surface area contributed by atoms with Gasteiger partial charge in [0.2, 0.25) is 11.9 Å². The number of rotatable bonds is 6. The zero-order chi connectivity index (χ0) is 20.2. The van der Waals surface area contributed by atoms with Gasteiger partial charge in [-0.05, 0) is 37.3 Å². The molecule has 1 amide bonds. The molecule has 2 fully saturated rings. The minimum Gasteiger partial charge on any atom is -0.497 e. The number of likely N-dealkylation sites (tertiary alicyclic amines) is 1. The summed E-state index contributed by atoms with van der Waals surface area (Å²) in [6, 6.07) is 5.63. The van der Waals surface area contributed by atoms with Gasteiger partial charge in [-0.3, -0.25) is 4.79 Å². The third kappa shape index (κ3) is 4.26. The molecule has 0 saturated carbocycles. The first-order valence-corrected chi connectivity index (χ1v) is 10.1. The Labute approximate surface area is 170 Å². The zero-order valence-electron chi connectivity index (χ0n) is 17.0. The number of nitrogens with zero attached hydrogens (tertiary/aromatic N) is 5. The van der Waals surface area contributed by atoms with Crippen LogP contribution in [0.4, 0.5) is 5.95 Å². The Morgan fingerprint density at radius 3 is 2.83 bits per heavy atom. The summed E-state index contributed by atoms with van der Waals surface area (Å²) >= 11 is 0. The first-order valence-electron chi connectivity index (χ1n) is 10.1. The second-order valence-corrected chi connectivity index (χ2v) is 7.61. The van der Waals surface area contributed by atoms with Gasteiger partial charge in [-0.2, -0.15) is 5.10 Å². The van der Waals surface area contributed by atoms with Crippen LogP contribution in [0.25, 0.3) is 11.3 Å². The number of aromatic nitrogens is 3. The molecule has 2 saturated heterocycles. The minimum absolute atomic E-state index is 0.286. The number of anilines is 1. The number of piperidine rings is 1. The standard InChI is InChI=1S/C21H27N5O3/c1-28-16-7-8-17(19(11-16)29-2)18-12-22-24-21(23-18)26-10-3-5-15(14-26)13-25-9-4-6-20(25)27/h7-8,11-12,15H,3-6,9-10,13-14H2,1-2H3. The summed E-state index contributed by atoms with van der Waals surface area (Å²) in [6.45, 7) is 3.46. The van der Waals surface area contributed by atoms with Gasteiger partial charge in [0, 0.05) is 44.2 Å². The average molecular weight is 397 g/mol. The van der Waals surface area contributed by atoms with Crippen LogP contribution in [-0.4, -0.2) is 66.4 Å². The lowest BCUT2D eigenvalue weighted by Gasteiger charge is -2.34. The van der Waals surface area contributed by atoms with E-state index in [0.29, 0.717) is 29.7 Å². The summed E-state index contributed by atoms with van der Waals surface area (Å²) in [5.74, 6) is 2.75. The van der Waals surface area contributed by atoms with Gasteiger partial charge in [0.25, 0.3) is 0 Å². The van der Waals surface area contributed by atoms with E-state index in [-0.39, 0.29) is 5.91 Å². The summed E-state index contributed by atoms with van der Waals surface area (Å²) in [4.78, 5) is 20.9. The molecule has 3 heterocycles. The van der Waals surface area contributed by atoms with E-state index in [1.807, 2.05) is 23.1 Å². The Bertz CT molecular complexity index is 875. The van der Waals surface area contributed by atoms with Crippen molar-refractivity contribution in [2.24, 2.45) is 5.92 Å². The summed E-state index contributed by atoms with van der Waals surface area (Å²) in [6.07, 6.45) is 5.51. The lowest BCUT2D eigenvalue weighted by Crippen LogP contribution is -2.42. The molecular weight excluding hydrogens is 370 g/mol. The fourth-order valence-corrected chi connectivity index (χ4v) is 4.17. The highest BCUT2D eigenvalue weighted by molar-refractivity contribution is 5.78. The van der Waals surface area contributed by atoms with Gasteiger partial charge in [-0.1, -0.05) is 0 Å². The lowest BCUT2D eigenvalue weighted by atomic mass is 9.98. The van der Waals surface area contributed by atoms with Crippen LogP contribution in [0.5, 0.6) is 11.5 Å². The van der Waals surface area contributed by atoms with Crippen molar-refractivity contribution in [2.75, 3.05) is 45.3 Å². The molecule has 1 unspecified atom stereocenters. The molecule has 8 heteroatoms. The Kier molecular flexibility index (Phi) is 5.78. The fraction of sp³-hybridized carbons (Fsp3) is 0.524. The van der Waals surface area contributed by atoms with Crippen LogP contribution in [0, 0.1) is 5.92 Å². The predicted octanol–water partition coefficient (Wildman–Crippen LogP) is 2.39. The van der Waals surface area contributed by atoms with E-state index in [1.54, 1.807) is 20.4 Å². The molecule has 1 aromatic heterocycles. The molecule has 2 aliphatic heterocycles. The van der Waals surface area contributed by atoms with Gasteiger partial charge >= 0.3 is 0 Å². The van der Waals surface area contributed by atoms with Crippen molar-refractivity contribution in [2.45, 2.75) is 25.7 Å². The SMILES string of the molecule is COc1ccc(-c2cnnc(N3CCCC(CN4CCCC4=O)C3)n2)c(OC)c1. The second kappa shape index (κ2) is 8.63. The third-order valence-corrected chi connectivity index (χ3v) is 5.68. The van der Waals surface area contributed by atoms with Crippen molar-refractivity contribution in [3.05, 3.63) is 24.4 Å². The van der Waals surface area contributed by atoms with Gasteiger partial charge in [0.15, 0.2) is 0 Å². The van der Waals surface area contributed by atoms with E-state index in [4.69, 9.17) is 14.5 Å². The van der Waals surface area contributed by atoms with Crippen LogP contribution in [0.2, 0.25) is 0 Å². The lowest BCUT2D eigenvalue weighted by molar-refractivity contribution is -0.128. The highest BCUT2D eigenvalue weighted by Gasteiger charge is 2.28. The van der Waals surface area contributed by atoms with Crippen molar-refractivity contribution in [1.82, 2.24) is 20.1 Å². The molecule has 29 heavy (non-hydrogen) atoms. The van der Waals surface area contributed by atoms with E-state index < -0.39 is 0 Å². The summed E-state index contributed by atoms with van der Waals surface area (Å²) in [5, 5.41) is 8.47. The number of benzene rings is 1. The van der Waals surface area contributed by atoms with Gasteiger partial charge in [0.05, 0.1) is 26.1 Å². The van der Waals surface area contributed by atoms with E-state index >= 15 is 0 Å². The monoisotopic (exact) mass is 397 g/mol. The van der Waals surface area contributed by atoms with Crippen LogP contribution in [-0.2, 0) is 4.79 Å². The molecule has 0 bridgehead atoms. The summed E-state index contributed by atoms with van der Waals surface area (Å²) in [7, 11) is 3.25. The summed E-state index contributed by atoms with van der Waals surface area (Å²) in [5.41, 5.74) is 1.56. The molecule has 0 spiro atoms. The predicted molar refractivity (Wildman–Crippen MR) is 109 cm³/mol. The fourth-order valence-electron chi connectivity index (χ4n) is 4.17. The van der Waals surface area contributed by atoms with Gasteiger partial charge < -0.3 is 19.3 Å². The van der Waals surface area contributed by atoms with E-state index in [1.165, 1.54) is 0 Å². The van der Waals surface area contributed by atoms with Crippen LogP contribution < -0.4 is 14.4 Å². The van der Waals surface area contributed by atoms with E-state index in [0.717, 1.165) is 56.8 Å². The van der Waals surface area contributed by atoms with Gasteiger partial charge in [0.1, 0.15) is 11.5 Å². The third-order valence-electron chi connectivity index (χ3n) is 5.68. The smallest absolute Gasteiger partial charge is 0.245 e. The largest absolute Gasteiger partial charge is 0.497 e. The molecular formula is C21H27N5O3. The number of hydrogen-bond acceptors (Lipinski definition) is 7. The molecule has 1 aromatic carbocycles. The van der Waals surface area contributed by atoms with Crippen LogP contribution in [0.1, 0.15) is 25.7 Å². The molecule has 0 radical (unpaired) electrons. The molecule has 1 atom stereocenters. The molecule has 8 nitrogen and oxygen atoms in total. The van der Waals surface area contributed by atoms with Crippen LogP contribution in [0.3, 0.4) is 0 Å². The number of ether oxygens (including phenoxy) is 2. The number of hydrogen-bond donors (Lipinski definition) is 0. The maximum atomic E-state index is 12.0. The molecule has 2 aromatic rings. The number of amides is 1. The summed E-state index contributed by atoms with van der Waals surface area (Å²) < 4.78 is 10.8. The Morgan fingerprint density at radius 2 is 2.07 bits per heavy atom. The Morgan fingerprint density at radius 1 is 1.17 bits per heavy atom. The van der Waals surface area contributed by atoms with Crippen molar-refractivity contribution >= 4 is 11.9 Å². The number of methoxy groups -OCH3 is 2. The first-order chi connectivity index (χ1) is 14.2. The van der Waals surface area contributed by atoms with Crippen molar-refractivity contribution in [3.63, 3.8) is 0 Å². The van der Waals surface area contributed by atoms with Crippen LogP contribution >= 0.6 is 0 Å². The number of carbonyl (C=O) groups excluding carboxylic acids is 1. The zero-order valence-corrected chi connectivity index (χ0v) is 17.0. The minimum atomic E-state index is 0.286. The Hall–Kier alpha value is -2.90. The molecule has 2 aliphatic rings. The molecule has 0 N–H and O–H groups in total. The second-order valence-electron chi connectivity index (χ2n) is 7.61. The average Bonchev–Trinajstić information content (AvgIpc) is 3.17. The van der Waals surface area contributed by atoms with E-state index in [9.17, 15) is 4.79 Å². The number of carbonyl (C=O) groups is 1. The maximum absolute atomic E-state index is 12.0. The van der Waals surface area contributed by atoms with Crippen molar-refractivity contribution < 1.29 is 14.3 Å². The molecule has 0 aliphatic carbocycles. The van der Waals surface area contributed by atoms with Crippen LogP contribution in [0.15, 0.2) is 24.4 Å². The van der Waals surface area contributed by atoms with Crippen molar-refractivity contribution in [3.8, 4) is 22.8 Å². The molecule has 154 valence electrons. The quantitative estimate of drug-likeness (QED) is 0.740.